The van der Waals surface area contributed by atoms with Crippen molar-refractivity contribution in [1.29, 1.82) is 0 Å². The van der Waals surface area contributed by atoms with Crippen molar-refractivity contribution >= 4 is 23.2 Å². The summed E-state index contributed by atoms with van der Waals surface area (Å²) in [4.78, 5) is 26.0. The second kappa shape index (κ2) is 6.33. The number of anilines is 2. The Labute approximate surface area is 147 Å². The summed E-state index contributed by atoms with van der Waals surface area (Å²) in [7, 11) is 0. The van der Waals surface area contributed by atoms with Gasteiger partial charge in [0.2, 0.25) is 11.8 Å². The maximum atomic E-state index is 12.6. The minimum absolute atomic E-state index is 0.0177. The number of hydrogen-bond donors (Lipinski definition) is 2. The van der Waals surface area contributed by atoms with Gasteiger partial charge >= 0.3 is 0 Å². The van der Waals surface area contributed by atoms with Gasteiger partial charge < -0.3 is 15.5 Å². The number of hydrogen-bond acceptors (Lipinski definition) is 3. The van der Waals surface area contributed by atoms with E-state index in [1.807, 2.05) is 30.3 Å². The molecule has 0 fully saturated rings. The van der Waals surface area contributed by atoms with Gasteiger partial charge in [0.15, 0.2) is 0 Å². The molecule has 2 heterocycles. The molecule has 1 atom stereocenters. The van der Waals surface area contributed by atoms with Crippen molar-refractivity contribution in [3.8, 4) is 0 Å². The third-order valence-electron chi connectivity index (χ3n) is 5.02. The smallest absolute Gasteiger partial charge is 0.241 e. The quantitative estimate of drug-likeness (QED) is 0.885. The van der Waals surface area contributed by atoms with Gasteiger partial charge in [-0.2, -0.15) is 0 Å². The summed E-state index contributed by atoms with van der Waals surface area (Å²) in [5.41, 5.74) is 5.33. The van der Waals surface area contributed by atoms with Gasteiger partial charge in [0.1, 0.15) is 0 Å². The van der Waals surface area contributed by atoms with Crippen LogP contribution in [-0.2, 0) is 29.0 Å². The molecule has 128 valence electrons. The maximum absolute atomic E-state index is 12.6. The van der Waals surface area contributed by atoms with Gasteiger partial charge in [-0.15, -0.1) is 0 Å². The fraction of sp³-hybridized carbons (Fsp3) is 0.300. The first-order valence-corrected chi connectivity index (χ1v) is 8.64. The Bertz CT molecular complexity index is 847. The molecule has 2 aliphatic heterocycles. The van der Waals surface area contributed by atoms with Crippen molar-refractivity contribution in [2.24, 2.45) is 0 Å². The number of nitrogens with zero attached hydrogens (tertiary/aromatic N) is 1. The van der Waals surface area contributed by atoms with Gasteiger partial charge in [0, 0.05) is 31.4 Å². The third kappa shape index (κ3) is 3.03. The van der Waals surface area contributed by atoms with E-state index in [-0.39, 0.29) is 17.9 Å². The average Bonchev–Trinajstić information content (AvgIpc) is 3.04. The van der Waals surface area contributed by atoms with Gasteiger partial charge in [0.25, 0.3) is 0 Å². The van der Waals surface area contributed by atoms with Crippen LogP contribution >= 0.6 is 0 Å². The zero-order chi connectivity index (χ0) is 17.4. The van der Waals surface area contributed by atoms with Crippen LogP contribution in [0.2, 0.25) is 0 Å². The lowest BCUT2D eigenvalue weighted by Crippen LogP contribution is -2.44. The van der Waals surface area contributed by atoms with Crippen LogP contribution in [0.15, 0.2) is 42.5 Å². The second-order valence-corrected chi connectivity index (χ2v) is 6.66. The van der Waals surface area contributed by atoms with E-state index in [0.29, 0.717) is 19.5 Å². The Morgan fingerprint density at radius 3 is 2.72 bits per heavy atom. The van der Waals surface area contributed by atoms with Crippen molar-refractivity contribution in [3.05, 3.63) is 59.2 Å². The van der Waals surface area contributed by atoms with Gasteiger partial charge in [-0.3, -0.25) is 9.59 Å². The molecule has 0 spiro atoms. The molecule has 0 bridgehead atoms. The zero-order valence-corrected chi connectivity index (χ0v) is 14.2. The summed E-state index contributed by atoms with van der Waals surface area (Å²) in [6.45, 7) is 3.01. The van der Waals surface area contributed by atoms with E-state index in [9.17, 15) is 9.59 Å². The summed E-state index contributed by atoms with van der Waals surface area (Å²) in [5, 5.41) is 6.32. The highest BCUT2D eigenvalue weighted by Crippen LogP contribution is 2.30. The predicted octanol–water partition coefficient (Wildman–Crippen LogP) is 2.25. The van der Waals surface area contributed by atoms with E-state index in [2.05, 4.69) is 22.8 Å². The monoisotopic (exact) mass is 335 g/mol. The Morgan fingerprint density at radius 1 is 1.12 bits per heavy atom. The molecule has 2 N–H and O–H groups in total. The van der Waals surface area contributed by atoms with Crippen LogP contribution in [0.1, 0.15) is 23.6 Å². The SMILES string of the molecule is CC(=O)N1CCc2cc(NC(=O)C3Cc4ccccc4CN3)ccc21. The molecule has 2 aromatic carbocycles. The first kappa shape index (κ1) is 15.8. The molecule has 1 unspecified atom stereocenters. The lowest BCUT2D eigenvalue weighted by atomic mass is 9.95. The Hall–Kier alpha value is -2.66. The van der Waals surface area contributed by atoms with Gasteiger partial charge in [0.05, 0.1) is 6.04 Å². The number of nitrogens with one attached hydrogen (secondary N) is 2. The largest absolute Gasteiger partial charge is 0.325 e. The van der Waals surface area contributed by atoms with E-state index >= 15 is 0 Å². The molecular weight excluding hydrogens is 314 g/mol. The topological polar surface area (TPSA) is 61.4 Å². The normalized spacial score (nSPS) is 18.4. The molecule has 2 aromatic rings. The van der Waals surface area contributed by atoms with Crippen molar-refractivity contribution in [2.75, 3.05) is 16.8 Å². The lowest BCUT2D eigenvalue weighted by Gasteiger charge is -2.25. The maximum Gasteiger partial charge on any atom is 0.241 e. The lowest BCUT2D eigenvalue weighted by molar-refractivity contribution is -0.118. The van der Waals surface area contributed by atoms with E-state index in [0.717, 1.165) is 23.4 Å². The predicted molar refractivity (Wildman–Crippen MR) is 97.6 cm³/mol. The van der Waals surface area contributed by atoms with Crippen LogP contribution < -0.4 is 15.5 Å². The first-order chi connectivity index (χ1) is 12.1. The van der Waals surface area contributed by atoms with Crippen LogP contribution in [0.3, 0.4) is 0 Å². The summed E-state index contributed by atoms with van der Waals surface area (Å²) in [6, 6.07) is 13.8. The second-order valence-electron chi connectivity index (χ2n) is 6.66. The van der Waals surface area contributed by atoms with E-state index in [1.54, 1.807) is 11.8 Å². The van der Waals surface area contributed by atoms with E-state index in [1.165, 1.54) is 11.1 Å². The molecule has 4 rings (SSSR count). The molecule has 0 aromatic heterocycles. The fourth-order valence-corrected chi connectivity index (χ4v) is 3.68. The summed E-state index contributed by atoms with van der Waals surface area (Å²) in [6.07, 6.45) is 1.53. The fourth-order valence-electron chi connectivity index (χ4n) is 3.68. The van der Waals surface area contributed by atoms with Crippen molar-refractivity contribution in [2.45, 2.75) is 32.4 Å². The Balaban J connectivity index is 1.46. The van der Waals surface area contributed by atoms with Crippen LogP contribution in [0, 0.1) is 0 Å². The minimum Gasteiger partial charge on any atom is -0.325 e. The average molecular weight is 335 g/mol. The highest BCUT2D eigenvalue weighted by Gasteiger charge is 2.25. The standard InChI is InChI=1S/C20H21N3O2/c1-13(24)23-9-8-15-10-17(6-7-19(15)23)22-20(25)18-11-14-4-2-3-5-16(14)12-21-18/h2-7,10,18,21H,8-9,11-12H2,1H3,(H,22,25). The van der Waals surface area contributed by atoms with Gasteiger partial charge in [-0.1, -0.05) is 24.3 Å². The van der Waals surface area contributed by atoms with Crippen molar-refractivity contribution < 1.29 is 9.59 Å². The molecule has 0 saturated carbocycles. The molecule has 2 aliphatic rings. The number of fused-ring (bicyclic) bond motifs is 2. The number of rotatable bonds is 2. The number of carbonyl (C=O) groups is 2. The number of benzene rings is 2. The Morgan fingerprint density at radius 2 is 1.92 bits per heavy atom. The zero-order valence-electron chi connectivity index (χ0n) is 14.2. The van der Waals surface area contributed by atoms with Crippen LogP contribution in [0.25, 0.3) is 0 Å². The molecule has 25 heavy (non-hydrogen) atoms. The van der Waals surface area contributed by atoms with Gasteiger partial charge in [-0.05, 0) is 47.7 Å². The molecule has 5 heteroatoms. The third-order valence-corrected chi connectivity index (χ3v) is 5.02. The van der Waals surface area contributed by atoms with Gasteiger partial charge in [-0.25, -0.2) is 0 Å². The van der Waals surface area contributed by atoms with Crippen molar-refractivity contribution in [1.82, 2.24) is 5.32 Å². The number of amides is 2. The molecule has 0 aliphatic carbocycles. The first-order valence-electron chi connectivity index (χ1n) is 8.64. The molecule has 2 amide bonds. The molecular formula is C20H21N3O2. The summed E-state index contributed by atoms with van der Waals surface area (Å²) < 4.78 is 0. The van der Waals surface area contributed by atoms with Crippen LogP contribution in [0.5, 0.6) is 0 Å². The van der Waals surface area contributed by atoms with E-state index in [4.69, 9.17) is 0 Å². The van der Waals surface area contributed by atoms with Crippen LogP contribution in [0.4, 0.5) is 11.4 Å². The molecule has 0 radical (unpaired) electrons. The summed E-state index contributed by atoms with van der Waals surface area (Å²) >= 11 is 0. The minimum atomic E-state index is -0.225. The molecule has 5 nitrogen and oxygen atoms in total. The van der Waals surface area contributed by atoms with Crippen LogP contribution in [-0.4, -0.2) is 24.4 Å². The van der Waals surface area contributed by atoms with Crippen molar-refractivity contribution in [3.63, 3.8) is 0 Å². The highest BCUT2D eigenvalue weighted by molar-refractivity contribution is 5.97. The Kier molecular flexibility index (Phi) is 4.01. The molecule has 0 saturated heterocycles. The highest BCUT2D eigenvalue weighted by atomic mass is 16.2. The summed E-state index contributed by atoms with van der Waals surface area (Å²) in [5.74, 6) is 0.0384. The number of carbonyl (C=O) groups excluding carboxylic acids is 2. The van der Waals surface area contributed by atoms with E-state index < -0.39 is 0 Å².